The van der Waals surface area contributed by atoms with Crippen LogP contribution in [0.15, 0.2) is 32.1 Å². The Morgan fingerprint density at radius 1 is 1.37 bits per heavy atom. The molecule has 0 amide bonds. The van der Waals surface area contributed by atoms with Gasteiger partial charge in [-0.05, 0) is 70.6 Å². The van der Waals surface area contributed by atoms with E-state index in [1.807, 2.05) is 6.07 Å². The van der Waals surface area contributed by atoms with E-state index in [4.69, 9.17) is 4.52 Å². The van der Waals surface area contributed by atoms with Crippen LogP contribution in [-0.4, -0.2) is 13.6 Å². The van der Waals surface area contributed by atoms with E-state index in [9.17, 15) is 8.42 Å². The highest BCUT2D eigenvalue weighted by Gasteiger charge is 2.24. The molecule has 1 aromatic heterocycles. The van der Waals surface area contributed by atoms with Gasteiger partial charge in [0.1, 0.15) is 5.69 Å². The van der Waals surface area contributed by atoms with E-state index in [1.54, 1.807) is 26.0 Å². The number of hydrogen-bond acceptors (Lipinski definition) is 4. The van der Waals surface area contributed by atoms with Crippen molar-refractivity contribution < 1.29 is 12.9 Å². The summed E-state index contributed by atoms with van der Waals surface area (Å²) in [6.07, 6.45) is 0. The first-order valence-electron chi connectivity index (χ1n) is 5.22. The summed E-state index contributed by atoms with van der Waals surface area (Å²) in [6, 6.07) is 5.22. The molecule has 0 atom stereocenters. The third-order valence-electron chi connectivity index (χ3n) is 2.41. The highest BCUT2D eigenvalue weighted by molar-refractivity contribution is 14.1. The van der Waals surface area contributed by atoms with Crippen molar-refractivity contribution in [3.8, 4) is 0 Å². The standard InChI is InChI=1S/C11H10BrIN2O3S/c1-6-11(7(2)18-14-6)19(16,17)15-8-3-4-10(13)9(12)5-8/h3-5,15H,1-2H3. The molecular formula is C11H10BrIN2O3S. The van der Waals surface area contributed by atoms with Crippen molar-refractivity contribution >= 4 is 54.2 Å². The predicted molar refractivity (Wildman–Crippen MR) is 83.6 cm³/mol. The first kappa shape index (κ1) is 14.8. The van der Waals surface area contributed by atoms with Gasteiger partial charge in [-0.1, -0.05) is 5.16 Å². The number of benzene rings is 1. The van der Waals surface area contributed by atoms with Crippen LogP contribution in [0.2, 0.25) is 0 Å². The summed E-state index contributed by atoms with van der Waals surface area (Å²) in [5.74, 6) is 0.273. The second-order valence-corrected chi connectivity index (χ2v) is 7.52. The average Bonchev–Trinajstić information content (AvgIpc) is 2.64. The highest BCUT2D eigenvalue weighted by Crippen LogP contribution is 2.26. The molecule has 0 saturated heterocycles. The molecule has 0 radical (unpaired) electrons. The number of hydrogen-bond donors (Lipinski definition) is 1. The molecule has 19 heavy (non-hydrogen) atoms. The van der Waals surface area contributed by atoms with E-state index in [-0.39, 0.29) is 10.7 Å². The molecule has 0 aliphatic rings. The summed E-state index contributed by atoms with van der Waals surface area (Å²) in [6.45, 7) is 3.16. The summed E-state index contributed by atoms with van der Waals surface area (Å²) >= 11 is 5.51. The zero-order valence-electron chi connectivity index (χ0n) is 10.1. The van der Waals surface area contributed by atoms with Gasteiger partial charge in [-0.25, -0.2) is 8.42 Å². The number of aryl methyl sites for hydroxylation is 2. The quantitative estimate of drug-likeness (QED) is 0.718. The summed E-state index contributed by atoms with van der Waals surface area (Å²) in [7, 11) is -3.69. The van der Waals surface area contributed by atoms with Crippen LogP contribution in [0.1, 0.15) is 11.5 Å². The third-order valence-corrected chi connectivity index (χ3v) is 6.37. The summed E-state index contributed by atoms with van der Waals surface area (Å²) in [5.41, 5.74) is 0.821. The molecule has 0 aliphatic heterocycles. The molecule has 102 valence electrons. The third kappa shape index (κ3) is 3.11. The number of aromatic nitrogens is 1. The van der Waals surface area contributed by atoms with Gasteiger partial charge in [0.05, 0.1) is 5.69 Å². The topological polar surface area (TPSA) is 72.2 Å². The molecule has 0 saturated carbocycles. The van der Waals surface area contributed by atoms with Crippen molar-refractivity contribution in [2.75, 3.05) is 4.72 Å². The van der Waals surface area contributed by atoms with Gasteiger partial charge in [0.15, 0.2) is 10.7 Å². The Kier molecular flexibility index (Phi) is 4.21. The van der Waals surface area contributed by atoms with Crippen LogP contribution in [0.5, 0.6) is 0 Å². The van der Waals surface area contributed by atoms with Crippen LogP contribution >= 0.6 is 38.5 Å². The van der Waals surface area contributed by atoms with Crippen molar-refractivity contribution in [3.63, 3.8) is 0 Å². The van der Waals surface area contributed by atoms with Crippen LogP contribution in [-0.2, 0) is 10.0 Å². The van der Waals surface area contributed by atoms with Gasteiger partial charge in [0, 0.05) is 8.04 Å². The van der Waals surface area contributed by atoms with Gasteiger partial charge in [-0.2, -0.15) is 0 Å². The first-order valence-corrected chi connectivity index (χ1v) is 8.57. The molecule has 1 heterocycles. The van der Waals surface area contributed by atoms with E-state index in [2.05, 4.69) is 48.4 Å². The van der Waals surface area contributed by atoms with E-state index >= 15 is 0 Å². The zero-order valence-corrected chi connectivity index (χ0v) is 14.6. The summed E-state index contributed by atoms with van der Waals surface area (Å²) in [5, 5.41) is 3.65. The number of nitrogens with one attached hydrogen (secondary N) is 1. The lowest BCUT2D eigenvalue weighted by atomic mass is 10.3. The normalized spacial score (nSPS) is 11.6. The molecule has 1 aromatic carbocycles. The van der Waals surface area contributed by atoms with Gasteiger partial charge >= 0.3 is 0 Å². The Hall–Kier alpha value is -0.610. The van der Waals surface area contributed by atoms with Crippen molar-refractivity contribution in [1.29, 1.82) is 0 Å². The highest BCUT2D eigenvalue weighted by atomic mass is 127. The molecule has 2 rings (SSSR count). The zero-order chi connectivity index (χ0) is 14.2. The van der Waals surface area contributed by atoms with Gasteiger partial charge < -0.3 is 4.52 Å². The smallest absolute Gasteiger partial charge is 0.267 e. The predicted octanol–water partition coefficient (Wildman–Crippen LogP) is 3.46. The van der Waals surface area contributed by atoms with E-state index in [0.717, 1.165) is 8.04 Å². The van der Waals surface area contributed by atoms with Crippen LogP contribution in [0.25, 0.3) is 0 Å². The first-order chi connectivity index (χ1) is 8.81. The van der Waals surface area contributed by atoms with E-state index in [0.29, 0.717) is 11.4 Å². The maximum Gasteiger partial charge on any atom is 0.267 e. The molecule has 8 heteroatoms. The lowest BCUT2D eigenvalue weighted by Gasteiger charge is -2.08. The van der Waals surface area contributed by atoms with Crippen LogP contribution < -0.4 is 4.72 Å². The molecule has 0 fully saturated rings. The summed E-state index contributed by atoms with van der Waals surface area (Å²) in [4.78, 5) is 0.0853. The fourth-order valence-electron chi connectivity index (χ4n) is 1.62. The Morgan fingerprint density at radius 3 is 2.58 bits per heavy atom. The minimum atomic E-state index is -3.69. The van der Waals surface area contributed by atoms with Gasteiger partial charge in [0.2, 0.25) is 0 Å². The Labute approximate surface area is 133 Å². The second-order valence-electron chi connectivity index (χ2n) is 3.89. The van der Waals surface area contributed by atoms with Crippen LogP contribution in [0.3, 0.4) is 0 Å². The Morgan fingerprint density at radius 2 is 2.05 bits per heavy atom. The Balaban J connectivity index is 2.39. The maximum absolute atomic E-state index is 12.3. The van der Waals surface area contributed by atoms with E-state index in [1.165, 1.54) is 0 Å². The maximum atomic E-state index is 12.3. The molecule has 0 aliphatic carbocycles. The number of nitrogens with zero attached hydrogens (tertiary/aromatic N) is 1. The SMILES string of the molecule is Cc1noc(C)c1S(=O)(=O)Nc1ccc(I)c(Br)c1. The molecule has 0 bridgehead atoms. The lowest BCUT2D eigenvalue weighted by molar-refractivity contribution is 0.390. The monoisotopic (exact) mass is 456 g/mol. The minimum absolute atomic E-state index is 0.0853. The Bertz CT molecular complexity index is 708. The number of sulfonamides is 1. The minimum Gasteiger partial charge on any atom is -0.360 e. The fraction of sp³-hybridized carbons (Fsp3) is 0.182. The lowest BCUT2D eigenvalue weighted by Crippen LogP contribution is -2.14. The van der Waals surface area contributed by atoms with E-state index < -0.39 is 10.0 Å². The van der Waals surface area contributed by atoms with Crippen LogP contribution in [0, 0.1) is 17.4 Å². The number of rotatable bonds is 3. The summed E-state index contributed by atoms with van der Waals surface area (Å²) < 4.78 is 33.8. The molecule has 2 aromatic rings. The fourth-order valence-corrected chi connectivity index (χ4v) is 3.72. The van der Waals surface area contributed by atoms with Gasteiger partial charge in [-0.15, -0.1) is 0 Å². The number of halogens is 2. The van der Waals surface area contributed by atoms with Crippen molar-refractivity contribution in [2.45, 2.75) is 18.7 Å². The van der Waals surface area contributed by atoms with Gasteiger partial charge in [0.25, 0.3) is 10.0 Å². The average molecular weight is 457 g/mol. The number of anilines is 1. The largest absolute Gasteiger partial charge is 0.360 e. The molecule has 1 N–H and O–H groups in total. The molecule has 5 nitrogen and oxygen atoms in total. The molecule has 0 unspecified atom stereocenters. The van der Waals surface area contributed by atoms with Crippen molar-refractivity contribution in [3.05, 3.63) is 37.7 Å². The molecule has 0 spiro atoms. The second kappa shape index (κ2) is 5.41. The molecular weight excluding hydrogens is 447 g/mol. The van der Waals surface area contributed by atoms with Crippen molar-refractivity contribution in [1.82, 2.24) is 5.16 Å². The van der Waals surface area contributed by atoms with Crippen molar-refractivity contribution in [2.24, 2.45) is 0 Å². The van der Waals surface area contributed by atoms with Crippen LogP contribution in [0.4, 0.5) is 5.69 Å². The van der Waals surface area contributed by atoms with Gasteiger partial charge in [-0.3, -0.25) is 4.72 Å².